The molecule has 0 aliphatic rings. The summed E-state index contributed by atoms with van der Waals surface area (Å²) in [4.78, 5) is 10.1. The van der Waals surface area contributed by atoms with Crippen molar-refractivity contribution in [3.63, 3.8) is 0 Å². The Morgan fingerprint density at radius 1 is 1.50 bits per heavy atom. The Hall–Kier alpha value is -1.70. The predicted molar refractivity (Wildman–Crippen MR) is 68.3 cm³/mol. The SMILES string of the molecule is CC(C)n1ccc(Cn2cc(Br)c([N+](=O)[O-])n2)n1. The van der Waals surface area contributed by atoms with Gasteiger partial charge >= 0.3 is 5.82 Å². The van der Waals surface area contributed by atoms with Crippen molar-refractivity contribution in [3.05, 3.63) is 38.7 Å². The van der Waals surface area contributed by atoms with Crippen LogP contribution in [0.2, 0.25) is 0 Å². The van der Waals surface area contributed by atoms with Crippen LogP contribution in [-0.4, -0.2) is 24.5 Å². The van der Waals surface area contributed by atoms with E-state index >= 15 is 0 Å². The van der Waals surface area contributed by atoms with Crippen molar-refractivity contribution in [2.75, 3.05) is 0 Å². The van der Waals surface area contributed by atoms with Gasteiger partial charge in [-0.05, 0) is 40.8 Å². The molecule has 0 aromatic carbocycles. The van der Waals surface area contributed by atoms with Crippen LogP contribution in [0.4, 0.5) is 5.82 Å². The van der Waals surface area contributed by atoms with Crippen LogP contribution in [0.1, 0.15) is 25.6 Å². The van der Waals surface area contributed by atoms with Gasteiger partial charge in [0.05, 0.1) is 17.0 Å². The second-order valence-corrected chi connectivity index (χ2v) is 4.99. The summed E-state index contributed by atoms with van der Waals surface area (Å²) >= 11 is 3.11. The van der Waals surface area contributed by atoms with E-state index in [1.54, 1.807) is 6.20 Å². The Balaban J connectivity index is 2.18. The largest absolute Gasteiger partial charge is 0.404 e. The van der Waals surface area contributed by atoms with E-state index in [-0.39, 0.29) is 11.9 Å². The highest BCUT2D eigenvalue weighted by atomic mass is 79.9. The molecular formula is C10H12BrN5O2. The van der Waals surface area contributed by atoms with E-state index in [0.29, 0.717) is 11.0 Å². The first-order valence-electron chi connectivity index (χ1n) is 5.38. The fraction of sp³-hybridized carbons (Fsp3) is 0.400. The Morgan fingerprint density at radius 3 is 2.72 bits per heavy atom. The van der Waals surface area contributed by atoms with Gasteiger partial charge in [0.15, 0.2) is 0 Å². The molecule has 0 aliphatic carbocycles. The van der Waals surface area contributed by atoms with Gasteiger partial charge in [0, 0.05) is 12.2 Å². The third-order valence-corrected chi connectivity index (χ3v) is 2.95. The van der Waals surface area contributed by atoms with Gasteiger partial charge in [-0.1, -0.05) is 0 Å². The molecule has 7 nitrogen and oxygen atoms in total. The maximum absolute atomic E-state index is 10.7. The van der Waals surface area contributed by atoms with E-state index in [4.69, 9.17) is 0 Å². The molecule has 2 aromatic rings. The highest BCUT2D eigenvalue weighted by Crippen LogP contribution is 2.22. The molecule has 0 aliphatic heterocycles. The third kappa shape index (κ3) is 2.58. The van der Waals surface area contributed by atoms with Crippen molar-refractivity contribution in [2.45, 2.75) is 26.4 Å². The van der Waals surface area contributed by atoms with Gasteiger partial charge in [0.2, 0.25) is 0 Å². The minimum atomic E-state index is -0.521. The van der Waals surface area contributed by atoms with Crippen molar-refractivity contribution in [2.24, 2.45) is 0 Å². The summed E-state index contributed by atoms with van der Waals surface area (Å²) in [6.07, 6.45) is 3.46. The number of nitrogens with zero attached hydrogens (tertiary/aromatic N) is 5. The van der Waals surface area contributed by atoms with Crippen molar-refractivity contribution < 1.29 is 4.92 Å². The molecule has 0 N–H and O–H groups in total. The molecule has 0 spiro atoms. The van der Waals surface area contributed by atoms with Crippen LogP contribution in [0.5, 0.6) is 0 Å². The first-order chi connectivity index (χ1) is 8.47. The molecule has 2 heterocycles. The number of hydrogen-bond acceptors (Lipinski definition) is 4. The smallest absolute Gasteiger partial charge is 0.358 e. The maximum Gasteiger partial charge on any atom is 0.404 e. The lowest BCUT2D eigenvalue weighted by Crippen LogP contribution is -2.05. The third-order valence-electron chi connectivity index (χ3n) is 2.39. The van der Waals surface area contributed by atoms with Crippen molar-refractivity contribution in [1.82, 2.24) is 19.6 Å². The Labute approximate surface area is 112 Å². The minimum Gasteiger partial charge on any atom is -0.358 e. The van der Waals surface area contributed by atoms with E-state index in [0.717, 1.165) is 5.69 Å². The first kappa shape index (κ1) is 12.7. The van der Waals surface area contributed by atoms with E-state index in [9.17, 15) is 10.1 Å². The zero-order chi connectivity index (χ0) is 13.3. The molecule has 18 heavy (non-hydrogen) atoms. The minimum absolute atomic E-state index is 0.182. The van der Waals surface area contributed by atoms with Crippen LogP contribution < -0.4 is 0 Å². The fourth-order valence-corrected chi connectivity index (χ4v) is 1.97. The predicted octanol–water partition coefficient (Wildman–Crippen LogP) is 2.38. The van der Waals surface area contributed by atoms with Gasteiger partial charge in [-0.2, -0.15) is 9.78 Å². The first-order valence-corrected chi connectivity index (χ1v) is 6.18. The molecule has 8 heteroatoms. The summed E-state index contributed by atoms with van der Waals surface area (Å²) in [6.45, 7) is 4.48. The Kier molecular flexibility index (Phi) is 3.46. The highest BCUT2D eigenvalue weighted by Gasteiger charge is 2.19. The lowest BCUT2D eigenvalue weighted by atomic mass is 10.4. The van der Waals surface area contributed by atoms with Crippen LogP contribution >= 0.6 is 15.9 Å². The van der Waals surface area contributed by atoms with E-state index in [1.807, 2.05) is 30.8 Å². The Bertz CT molecular complexity index is 575. The van der Waals surface area contributed by atoms with Gasteiger partial charge in [-0.25, -0.2) is 0 Å². The topological polar surface area (TPSA) is 78.8 Å². The van der Waals surface area contributed by atoms with Crippen LogP contribution in [0.25, 0.3) is 0 Å². The molecule has 2 rings (SSSR count). The zero-order valence-corrected chi connectivity index (χ0v) is 11.5. The summed E-state index contributed by atoms with van der Waals surface area (Å²) in [5, 5.41) is 18.9. The maximum atomic E-state index is 10.7. The van der Waals surface area contributed by atoms with Gasteiger partial charge in [-0.3, -0.25) is 4.68 Å². The molecule has 0 atom stereocenters. The van der Waals surface area contributed by atoms with Gasteiger partial charge in [0.25, 0.3) is 0 Å². The van der Waals surface area contributed by atoms with E-state index < -0.39 is 4.92 Å². The average Bonchev–Trinajstić information content (AvgIpc) is 2.86. The van der Waals surface area contributed by atoms with Gasteiger partial charge in [-0.15, -0.1) is 0 Å². The van der Waals surface area contributed by atoms with Crippen LogP contribution in [0, 0.1) is 10.1 Å². The number of halogens is 1. The second kappa shape index (κ2) is 4.89. The normalized spacial score (nSPS) is 11.1. The van der Waals surface area contributed by atoms with E-state index in [1.165, 1.54) is 4.68 Å². The molecule has 0 amide bonds. The molecule has 0 saturated heterocycles. The zero-order valence-electron chi connectivity index (χ0n) is 9.95. The average molecular weight is 314 g/mol. The molecule has 0 saturated carbocycles. The monoisotopic (exact) mass is 313 g/mol. The molecule has 2 aromatic heterocycles. The van der Waals surface area contributed by atoms with Crippen LogP contribution in [0.3, 0.4) is 0 Å². The number of rotatable bonds is 4. The molecule has 96 valence electrons. The Morgan fingerprint density at radius 2 is 2.22 bits per heavy atom. The number of nitro groups is 1. The molecule has 0 radical (unpaired) electrons. The lowest BCUT2D eigenvalue weighted by molar-refractivity contribution is -0.390. The summed E-state index contributed by atoms with van der Waals surface area (Å²) < 4.78 is 3.70. The number of aromatic nitrogens is 4. The summed E-state index contributed by atoms with van der Waals surface area (Å²) in [5.41, 5.74) is 0.814. The summed E-state index contributed by atoms with van der Waals surface area (Å²) in [5.74, 6) is -0.182. The molecule has 0 unspecified atom stereocenters. The molecule has 0 bridgehead atoms. The van der Waals surface area contributed by atoms with Gasteiger partial charge in [0.1, 0.15) is 11.0 Å². The fourth-order valence-electron chi connectivity index (χ4n) is 1.51. The van der Waals surface area contributed by atoms with Crippen molar-refractivity contribution in [1.29, 1.82) is 0 Å². The second-order valence-electron chi connectivity index (χ2n) is 4.14. The molecule has 0 fully saturated rings. The number of hydrogen-bond donors (Lipinski definition) is 0. The quantitative estimate of drug-likeness (QED) is 0.641. The van der Waals surface area contributed by atoms with Crippen molar-refractivity contribution in [3.8, 4) is 0 Å². The van der Waals surface area contributed by atoms with Crippen LogP contribution in [0.15, 0.2) is 22.9 Å². The summed E-state index contributed by atoms with van der Waals surface area (Å²) in [7, 11) is 0. The van der Waals surface area contributed by atoms with E-state index in [2.05, 4.69) is 26.1 Å². The highest BCUT2D eigenvalue weighted by molar-refractivity contribution is 9.10. The molecular weight excluding hydrogens is 302 g/mol. The van der Waals surface area contributed by atoms with Crippen molar-refractivity contribution >= 4 is 21.7 Å². The van der Waals surface area contributed by atoms with Crippen LogP contribution in [-0.2, 0) is 6.54 Å². The standard InChI is InChI=1S/C10H12BrN5O2/c1-7(2)15-4-3-8(12-15)5-14-6-9(11)10(13-14)16(17)18/h3-4,6-7H,5H2,1-2H3. The summed E-state index contributed by atoms with van der Waals surface area (Å²) in [6, 6.07) is 2.17. The van der Waals surface area contributed by atoms with Gasteiger partial charge < -0.3 is 10.1 Å². The lowest BCUT2D eigenvalue weighted by Gasteiger charge is -2.03.